The van der Waals surface area contributed by atoms with Gasteiger partial charge in [-0.3, -0.25) is 9.69 Å². The van der Waals surface area contributed by atoms with Crippen LogP contribution in [0.25, 0.3) is 0 Å². The fourth-order valence-electron chi connectivity index (χ4n) is 2.49. The van der Waals surface area contributed by atoms with E-state index < -0.39 is 10.0 Å². The molecule has 2 rings (SSSR count). The van der Waals surface area contributed by atoms with Gasteiger partial charge in [0.15, 0.2) is 0 Å². The zero-order valence-corrected chi connectivity index (χ0v) is 16.0. The lowest BCUT2D eigenvalue weighted by atomic mass is 10.4. The Balaban J connectivity index is 2.13. The minimum atomic E-state index is -3.71. The third-order valence-electron chi connectivity index (χ3n) is 3.92. The van der Waals surface area contributed by atoms with Crippen LogP contribution in [0.3, 0.4) is 0 Å². The maximum absolute atomic E-state index is 12.8. The van der Waals surface area contributed by atoms with Gasteiger partial charge in [0.1, 0.15) is 4.90 Å². The van der Waals surface area contributed by atoms with Crippen LogP contribution in [0.5, 0.6) is 0 Å². The molecule has 0 aromatic heterocycles. The van der Waals surface area contributed by atoms with Gasteiger partial charge in [0.25, 0.3) is 0 Å². The van der Waals surface area contributed by atoms with Crippen molar-refractivity contribution >= 4 is 39.1 Å². The third-order valence-corrected chi connectivity index (χ3v) is 6.53. The summed E-state index contributed by atoms with van der Waals surface area (Å²) in [6, 6.07) is 4.41. The number of sulfonamides is 1. The van der Waals surface area contributed by atoms with Gasteiger partial charge in [0.05, 0.1) is 11.6 Å². The molecule has 1 saturated heterocycles. The lowest BCUT2D eigenvalue weighted by molar-refractivity contribution is -0.129. The molecule has 9 heteroatoms. The Bertz CT molecular complexity index is 710. The van der Waals surface area contributed by atoms with E-state index >= 15 is 0 Å². The second kappa shape index (κ2) is 8.01. The summed E-state index contributed by atoms with van der Waals surface area (Å²) >= 11 is 12.0. The average molecular weight is 394 g/mol. The Labute approximate surface area is 153 Å². The molecule has 1 amide bonds. The molecule has 0 N–H and O–H groups in total. The Kier molecular flexibility index (Phi) is 6.50. The van der Waals surface area contributed by atoms with Gasteiger partial charge >= 0.3 is 0 Å². The van der Waals surface area contributed by atoms with Gasteiger partial charge in [-0.15, -0.1) is 0 Å². The largest absolute Gasteiger partial charge is 0.348 e. The van der Waals surface area contributed by atoms with Crippen molar-refractivity contribution in [2.24, 2.45) is 0 Å². The standard InChI is InChI=1S/C15H21Cl2N3O3S/c1-18(2)15(21)11-19-6-3-7-20(9-8-19)24(22,23)14-10-12(16)4-5-13(14)17/h4-5,10H,3,6-9,11H2,1-2H3. The summed E-state index contributed by atoms with van der Waals surface area (Å²) in [7, 11) is -0.299. The molecule has 1 fully saturated rings. The van der Waals surface area contributed by atoms with Crippen LogP contribution in [0.2, 0.25) is 10.0 Å². The Hall–Kier alpha value is -0.860. The fraction of sp³-hybridized carbons (Fsp3) is 0.533. The summed E-state index contributed by atoms with van der Waals surface area (Å²) in [5, 5.41) is 0.481. The molecule has 1 aliphatic heterocycles. The molecule has 6 nitrogen and oxygen atoms in total. The van der Waals surface area contributed by atoms with Crippen molar-refractivity contribution in [1.82, 2.24) is 14.1 Å². The van der Waals surface area contributed by atoms with Crippen LogP contribution in [0.15, 0.2) is 23.1 Å². The number of amides is 1. The van der Waals surface area contributed by atoms with Crippen LogP contribution in [0.1, 0.15) is 6.42 Å². The molecule has 1 aromatic carbocycles. The number of rotatable bonds is 4. The quantitative estimate of drug-likeness (QED) is 0.781. The van der Waals surface area contributed by atoms with Crippen molar-refractivity contribution < 1.29 is 13.2 Å². The van der Waals surface area contributed by atoms with E-state index in [-0.39, 0.29) is 15.8 Å². The first-order valence-electron chi connectivity index (χ1n) is 7.59. The summed E-state index contributed by atoms with van der Waals surface area (Å²) in [5.74, 6) is 0.00388. The lowest BCUT2D eigenvalue weighted by Gasteiger charge is -2.23. The van der Waals surface area contributed by atoms with Crippen LogP contribution in [0.4, 0.5) is 0 Å². The van der Waals surface area contributed by atoms with Gasteiger partial charge in [-0.25, -0.2) is 8.42 Å². The normalized spacial score (nSPS) is 17.5. The number of carbonyl (C=O) groups is 1. The fourth-order valence-corrected chi connectivity index (χ4v) is 4.70. The van der Waals surface area contributed by atoms with Crippen molar-refractivity contribution in [2.45, 2.75) is 11.3 Å². The number of nitrogens with zero attached hydrogens (tertiary/aromatic N) is 3. The maximum Gasteiger partial charge on any atom is 0.244 e. The smallest absolute Gasteiger partial charge is 0.244 e. The van der Waals surface area contributed by atoms with E-state index in [0.717, 1.165) is 0 Å². The van der Waals surface area contributed by atoms with E-state index in [2.05, 4.69) is 0 Å². The molecule has 134 valence electrons. The molecule has 0 saturated carbocycles. The second-order valence-electron chi connectivity index (χ2n) is 5.90. The molecule has 0 radical (unpaired) electrons. The molecule has 0 aliphatic carbocycles. The summed E-state index contributed by atoms with van der Waals surface area (Å²) in [4.78, 5) is 15.4. The molecule has 0 atom stereocenters. The highest BCUT2D eigenvalue weighted by Gasteiger charge is 2.29. The average Bonchev–Trinajstić information content (AvgIpc) is 2.75. The number of carbonyl (C=O) groups excluding carboxylic acids is 1. The molecule has 0 unspecified atom stereocenters. The first kappa shape index (κ1) is 19.5. The van der Waals surface area contributed by atoms with Crippen molar-refractivity contribution in [1.29, 1.82) is 0 Å². The topological polar surface area (TPSA) is 60.9 Å². The van der Waals surface area contributed by atoms with E-state index in [9.17, 15) is 13.2 Å². The first-order valence-corrected chi connectivity index (χ1v) is 9.79. The van der Waals surface area contributed by atoms with Gasteiger partial charge in [0, 0.05) is 38.8 Å². The van der Waals surface area contributed by atoms with E-state index in [1.807, 2.05) is 4.90 Å². The number of hydrogen-bond acceptors (Lipinski definition) is 4. The summed E-state index contributed by atoms with van der Waals surface area (Å²) in [6.07, 6.45) is 0.651. The van der Waals surface area contributed by atoms with E-state index in [1.165, 1.54) is 21.3 Å². The van der Waals surface area contributed by atoms with E-state index in [4.69, 9.17) is 23.2 Å². The SMILES string of the molecule is CN(C)C(=O)CN1CCCN(S(=O)(=O)c2cc(Cl)ccc2Cl)CC1. The monoisotopic (exact) mass is 393 g/mol. The van der Waals surface area contributed by atoms with Gasteiger partial charge in [-0.05, 0) is 31.2 Å². The number of halogens is 2. The molecule has 24 heavy (non-hydrogen) atoms. The van der Waals surface area contributed by atoms with Gasteiger partial charge < -0.3 is 4.90 Å². The van der Waals surface area contributed by atoms with Crippen molar-refractivity contribution in [3.8, 4) is 0 Å². The van der Waals surface area contributed by atoms with Crippen LogP contribution in [-0.4, -0.2) is 75.2 Å². The van der Waals surface area contributed by atoms with Crippen molar-refractivity contribution in [3.05, 3.63) is 28.2 Å². The minimum Gasteiger partial charge on any atom is -0.348 e. The van der Waals surface area contributed by atoms with Crippen molar-refractivity contribution in [2.75, 3.05) is 46.8 Å². The molecule has 0 spiro atoms. The Morgan fingerprint density at radius 3 is 2.54 bits per heavy atom. The van der Waals surface area contributed by atoms with Gasteiger partial charge in [0.2, 0.25) is 15.9 Å². The van der Waals surface area contributed by atoms with Gasteiger partial charge in [-0.2, -0.15) is 4.31 Å². The summed E-state index contributed by atoms with van der Waals surface area (Å²) < 4.78 is 27.1. The zero-order valence-electron chi connectivity index (χ0n) is 13.7. The highest BCUT2D eigenvalue weighted by Crippen LogP contribution is 2.28. The van der Waals surface area contributed by atoms with Crippen LogP contribution >= 0.6 is 23.2 Å². The predicted octanol–water partition coefficient (Wildman–Crippen LogP) is 1.78. The van der Waals surface area contributed by atoms with Crippen LogP contribution < -0.4 is 0 Å². The third kappa shape index (κ3) is 4.61. The van der Waals surface area contributed by atoms with Crippen molar-refractivity contribution in [3.63, 3.8) is 0 Å². The first-order chi connectivity index (χ1) is 11.2. The molecular formula is C15H21Cl2N3O3S. The Morgan fingerprint density at radius 2 is 1.88 bits per heavy atom. The predicted molar refractivity (Wildman–Crippen MR) is 95.0 cm³/mol. The highest BCUT2D eigenvalue weighted by atomic mass is 35.5. The lowest BCUT2D eigenvalue weighted by Crippen LogP contribution is -2.39. The van der Waals surface area contributed by atoms with E-state index in [1.54, 1.807) is 20.2 Å². The minimum absolute atomic E-state index is 0.00388. The highest BCUT2D eigenvalue weighted by molar-refractivity contribution is 7.89. The molecule has 0 bridgehead atoms. The number of hydrogen-bond donors (Lipinski definition) is 0. The molecule has 1 heterocycles. The Morgan fingerprint density at radius 1 is 1.17 bits per heavy atom. The van der Waals surface area contributed by atoms with Crippen LogP contribution in [-0.2, 0) is 14.8 Å². The number of benzene rings is 1. The molecule has 1 aliphatic rings. The number of likely N-dealkylation sites (N-methyl/N-ethyl adjacent to an activating group) is 1. The summed E-state index contributed by atoms with van der Waals surface area (Å²) in [5.41, 5.74) is 0. The van der Waals surface area contributed by atoms with Crippen LogP contribution in [0, 0.1) is 0 Å². The molecular weight excluding hydrogens is 373 g/mol. The summed E-state index contributed by atoms with van der Waals surface area (Å²) in [6.45, 7) is 2.16. The van der Waals surface area contributed by atoms with E-state index in [0.29, 0.717) is 44.2 Å². The second-order valence-corrected chi connectivity index (χ2v) is 8.65. The molecule has 1 aromatic rings. The zero-order chi connectivity index (χ0) is 17.9. The maximum atomic E-state index is 12.8. The van der Waals surface area contributed by atoms with Gasteiger partial charge in [-0.1, -0.05) is 23.2 Å².